The Hall–Kier alpha value is -0.0700. The fraction of sp³-hybridized carbons (Fsp3) is 0.667. The molecule has 0 aromatic carbocycles. The quantitative estimate of drug-likeness (QED) is 0.748. The highest BCUT2D eigenvalue weighted by Crippen LogP contribution is 2.34. The molecule has 1 atom stereocenters. The third-order valence-corrected chi connectivity index (χ3v) is 4.83. The second-order valence-electron chi connectivity index (χ2n) is 4.21. The Labute approximate surface area is 118 Å². The fourth-order valence-electron chi connectivity index (χ4n) is 1.62. The molecule has 0 aliphatic heterocycles. The van der Waals surface area contributed by atoms with Crippen molar-refractivity contribution in [1.82, 2.24) is 5.32 Å². The van der Waals surface area contributed by atoms with Crippen LogP contribution in [0.4, 0.5) is 13.2 Å². The molecule has 0 radical (unpaired) electrons. The van der Waals surface area contributed by atoms with Crippen molar-refractivity contribution in [3.05, 3.63) is 20.3 Å². The van der Waals surface area contributed by atoms with Crippen LogP contribution in [0.1, 0.15) is 42.0 Å². The summed E-state index contributed by atoms with van der Waals surface area (Å²) >= 11 is 4.95. The van der Waals surface area contributed by atoms with Gasteiger partial charge >= 0.3 is 6.18 Å². The van der Waals surface area contributed by atoms with Crippen LogP contribution in [0.2, 0.25) is 0 Å². The van der Waals surface area contributed by atoms with E-state index in [9.17, 15) is 13.2 Å². The van der Waals surface area contributed by atoms with E-state index >= 15 is 0 Å². The molecule has 1 N–H and O–H groups in total. The number of halogens is 4. The highest BCUT2D eigenvalue weighted by molar-refractivity contribution is 9.10. The van der Waals surface area contributed by atoms with Gasteiger partial charge in [0, 0.05) is 26.7 Å². The van der Waals surface area contributed by atoms with E-state index in [2.05, 4.69) is 21.2 Å². The van der Waals surface area contributed by atoms with Crippen molar-refractivity contribution in [2.24, 2.45) is 0 Å². The van der Waals surface area contributed by atoms with Crippen molar-refractivity contribution >= 4 is 27.3 Å². The Morgan fingerprint density at radius 1 is 1.44 bits per heavy atom. The summed E-state index contributed by atoms with van der Waals surface area (Å²) in [6.45, 7) is 4.69. The van der Waals surface area contributed by atoms with E-state index in [1.165, 1.54) is 0 Å². The molecule has 1 rings (SSSR count). The first kappa shape index (κ1) is 16.0. The molecule has 0 bridgehead atoms. The van der Waals surface area contributed by atoms with Crippen LogP contribution in [0.3, 0.4) is 0 Å². The number of rotatable bonds is 6. The van der Waals surface area contributed by atoms with Crippen LogP contribution >= 0.6 is 27.3 Å². The van der Waals surface area contributed by atoms with Gasteiger partial charge < -0.3 is 5.32 Å². The molecule has 1 heterocycles. The summed E-state index contributed by atoms with van der Waals surface area (Å²) in [5.41, 5.74) is 0. The Morgan fingerprint density at radius 3 is 2.56 bits per heavy atom. The van der Waals surface area contributed by atoms with E-state index in [0.29, 0.717) is 0 Å². The van der Waals surface area contributed by atoms with Crippen molar-refractivity contribution in [1.29, 1.82) is 0 Å². The zero-order chi connectivity index (χ0) is 13.8. The highest BCUT2D eigenvalue weighted by Gasteiger charge is 2.29. The molecule has 0 fully saturated rings. The monoisotopic (exact) mass is 343 g/mol. The maximum absolute atomic E-state index is 12.3. The molecule has 0 saturated carbocycles. The summed E-state index contributed by atoms with van der Waals surface area (Å²) in [6.07, 6.45) is -3.83. The SMILES string of the molecule is CCCNC(CCC(F)(F)F)c1cc(Br)c(C)s1. The van der Waals surface area contributed by atoms with Crippen molar-refractivity contribution in [3.63, 3.8) is 0 Å². The Kier molecular flexibility index (Phi) is 6.14. The van der Waals surface area contributed by atoms with Gasteiger partial charge in [0.2, 0.25) is 0 Å². The summed E-state index contributed by atoms with van der Waals surface area (Å²) in [5, 5.41) is 3.19. The molecule has 0 spiro atoms. The lowest BCUT2D eigenvalue weighted by Crippen LogP contribution is -2.23. The largest absolute Gasteiger partial charge is 0.389 e. The minimum absolute atomic E-state index is 0.0931. The van der Waals surface area contributed by atoms with Gasteiger partial charge in [-0.2, -0.15) is 13.2 Å². The lowest BCUT2D eigenvalue weighted by atomic mass is 10.1. The number of thiophene rings is 1. The van der Waals surface area contributed by atoms with Gasteiger partial charge in [-0.25, -0.2) is 0 Å². The standard InChI is InChI=1S/C12H17BrF3NS/c1-3-6-17-10(4-5-12(14,15)16)11-7-9(13)8(2)18-11/h7,10,17H,3-6H2,1-2H3. The molecule has 104 valence electrons. The molecule has 0 aliphatic carbocycles. The smallest absolute Gasteiger partial charge is 0.309 e. The summed E-state index contributed by atoms with van der Waals surface area (Å²) < 4.78 is 37.9. The molecule has 1 unspecified atom stereocenters. The summed E-state index contributed by atoms with van der Waals surface area (Å²) in [7, 11) is 0. The van der Waals surface area contributed by atoms with Crippen molar-refractivity contribution < 1.29 is 13.2 Å². The fourth-order valence-corrected chi connectivity index (χ4v) is 3.30. The van der Waals surface area contributed by atoms with E-state index in [-0.39, 0.29) is 12.5 Å². The van der Waals surface area contributed by atoms with Gasteiger partial charge in [-0.15, -0.1) is 11.3 Å². The van der Waals surface area contributed by atoms with Gasteiger partial charge in [0.05, 0.1) is 0 Å². The number of nitrogens with one attached hydrogen (secondary N) is 1. The Bertz CT molecular complexity index is 356. The first-order valence-electron chi connectivity index (χ1n) is 5.89. The molecular weight excluding hydrogens is 327 g/mol. The predicted octanol–water partition coefficient (Wildman–Crippen LogP) is 5.20. The minimum Gasteiger partial charge on any atom is -0.309 e. The van der Waals surface area contributed by atoms with Crippen LogP contribution in [0.15, 0.2) is 10.5 Å². The van der Waals surface area contributed by atoms with Gasteiger partial charge in [0.15, 0.2) is 0 Å². The van der Waals surface area contributed by atoms with Gasteiger partial charge in [0.1, 0.15) is 0 Å². The van der Waals surface area contributed by atoms with E-state index < -0.39 is 12.6 Å². The lowest BCUT2D eigenvalue weighted by Gasteiger charge is -2.18. The van der Waals surface area contributed by atoms with Gasteiger partial charge in [0.25, 0.3) is 0 Å². The predicted molar refractivity (Wildman–Crippen MR) is 73.1 cm³/mol. The number of hydrogen-bond acceptors (Lipinski definition) is 2. The van der Waals surface area contributed by atoms with Gasteiger partial charge in [-0.1, -0.05) is 6.92 Å². The summed E-state index contributed by atoms with van der Waals surface area (Å²) in [4.78, 5) is 2.07. The van der Waals surface area contributed by atoms with Gasteiger partial charge in [-0.05, 0) is 48.3 Å². The zero-order valence-corrected chi connectivity index (χ0v) is 12.8. The normalized spacial score (nSPS) is 13.9. The van der Waals surface area contributed by atoms with Crippen molar-refractivity contribution in [2.75, 3.05) is 6.54 Å². The van der Waals surface area contributed by atoms with Crippen LogP contribution in [0.5, 0.6) is 0 Å². The highest BCUT2D eigenvalue weighted by atomic mass is 79.9. The maximum atomic E-state index is 12.3. The molecule has 1 aromatic heterocycles. The molecule has 0 aliphatic rings. The topological polar surface area (TPSA) is 12.0 Å². The van der Waals surface area contributed by atoms with Crippen LogP contribution in [-0.2, 0) is 0 Å². The first-order chi connectivity index (χ1) is 8.33. The molecule has 1 aromatic rings. The van der Waals surface area contributed by atoms with Gasteiger partial charge in [-0.3, -0.25) is 0 Å². The minimum atomic E-state index is -4.09. The van der Waals surface area contributed by atoms with Crippen LogP contribution in [0, 0.1) is 6.92 Å². The third-order valence-electron chi connectivity index (χ3n) is 2.58. The molecule has 1 nitrogen and oxygen atoms in total. The first-order valence-corrected chi connectivity index (χ1v) is 7.50. The molecule has 0 saturated heterocycles. The van der Waals surface area contributed by atoms with E-state index in [0.717, 1.165) is 27.2 Å². The van der Waals surface area contributed by atoms with E-state index in [1.54, 1.807) is 11.3 Å². The Morgan fingerprint density at radius 2 is 2.11 bits per heavy atom. The number of alkyl halides is 3. The van der Waals surface area contributed by atoms with Crippen LogP contribution in [0.25, 0.3) is 0 Å². The second kappa shape index (κ2) is 6.91. The average Bonchev–Trinajstić information content (AvgIpc) is 2.58. The summed E-state index contributed by atoms with van der Waals surface area (Å²) in [5.74, 6) is 0. The molecule has 18 heavy (non-hydrogen) atoms. The van der Waals surface area contributed by atoms with Crippen LogP contribution in [-0.4, -0.2) is 12.7 Å². The molecule has 0 amide bonds. The van der Waals surface area contributed by atoms with E-state index in [1.807, 2.05) is 19.9 Å². The lowest BCUT2D eigenvalue weighted by molar-refractivity contribution is -0.136. The van der Waals surface area contributed by atoms with Crippen LogP contribution < -0.4 is 5.32 Å². The van der Waals surface area contributed by atoms with Crippen molar-refractivity contribution in [2.45, 2.75) is 45.3 Å². The van der Waals surface area contributed by atoms with E-state index in [4.69, 9.17) is 0 Å². The van der Waals surface area contributed by atoms with Crippen molar-refractivity contribution in [3.8, 4) is 0 Å². The molecule has 6 heteroatoms. The number of aryl methyl sites for hydroxylation is 1. The zero-order valence-electron chi connectivity index (χ0n) is 10.4. The molecular formula is C12H17BrF3NS. The maximum Gasteiger partial charge on any atom is 0.389 e. The summed E-state index contributed by atoms with van der Waals surface area (Å²) in [6, 6.07) is 1.71. The third kappa shape index (κ3) is 5.28. The number of hydrogen-bond donors (Lipinski definition) is 1. The second-order valence-corrected chi connectivity index (χ2v) is 6.36. The average molecular weight is 344 g/mol. The Balaban J connectivity index is 2.71.